The summed E-state index contributed by atoms with van der Waals surface area (Å²) in [5.41, 5.74) is 1.90. The molecule has 4 atom stereocenters. The summed E-state index contributed by atoms with van der Waals surface area (Å²) in [7, 11) is 3.02. The van der Waals surface area contributed by atoms with E-state index in [1.165, 1.54) is 31.5 Å². The highest BCUT2D eigenvalue weighted by Crippen LogP contribution is 2.65. The van der Waals surface area contributed by atoms with Crippen LogP contribution in [-0.4, -0.2) is 41.2 Å². The second-order valence-corrected chi connectivity index (χ2v) is 10.4. The van der Waals surface area contributed by atoms with E-state index in [4.69, 9.17) is 18.7 Å². The minimum absolute atomic E-state index is 0.00335. The predicted octanol–water partition coefficient (Wildman–Crippen LogP) is 5.34. The van der Waals surface area contributed by atoms with Crippen molar-refractivity contribution < 1.29 is 32.7 Å². The first kappa shape index (κ1) is 28.7. The first-order valence-electron chi connectivity index (χ1n) is 13.5. The minimum Gasteiger partial charge on any atom is -0.497 e. The largest absolute Gasteiger partial charge is 0.497 e. The lowest BCUT2D eigenvalue weighted by Crippen LogP contribution is -2.29. The van der Waals surface area contributed by atoms with E-state index in [1.54, 1.807) is 40.0 Å². The van der Waals surface area contributed by atoms with E-state index in [0.717, 1.165) is 16.9 Å². The van der Waals surface area contributed by atoms with E-state index in [9.17, 15) is 14.0 Å². The molecule has 3 unspecified atom stereocenters. The number of carbonyl (C=O) groups excluding carboxylic acids is 2. The van der Waals surface area contributed by atoms with Gasteiger partial charge in [-0.15, -0.1) is 0 Å². The fraction of sp³-hybridized carbons (Fsp3) is 0.323. The molecular weight excluding hydrogens is 543 g/mol. The van der Waals surface area contributed by atoms with Gasteiger partial charge in [0.25, 0.3) is 5.91 Å². The molecular formula is C31H31FN4O6. The normalized spacial score (nSPS) is 18.3. The summed E-state index contributed by atoms with van der Waals surface area (Å²) < 4.78 is 35.4. The van der Waals surface area contributed by atoms with Crippen LogP contribution in [0.3, 0.4) is 0 Å². The number of rotatable bonds is 10. The second-order valence-electron chi connectivity index (χ2n) is 10.4. The van der Waals surface area contributed by atoms with Gasteiger partial charge >= 0.3 is 5.97 Å². The number of ether oxygens (including phenoxy) is 3. The summed E-state index contributed by atoms with van der Waals surface area (Å²) in [6.07, 6.45) is 1.39. The molecule has 218 valence electrons. The van der Waals surface area contributed by atoms with Crippen LogP contribution in [0.15, 0.2) is 65.3 Å². The number of halogens is 1. The second kappa shape index (κ2) is 12.0. The molecule has 1 saturated carbocycles. The Balaban J connectivity index is 1.37. The van der Waals surface area contributed by atoms with Gasteiger partial charge in [-0.1, -0.05) is 43.3 Å². The smallest absolute Gasteiger partial charge is 0.313 e. The van der Waals surface area contributed by atoms with E-state index < -0.39 is 23.8 Å². The monoisotopic (exact) mass is 574 g/mol. The molecule has 10 nitrogen and oxygen atoms in total. The van der Waals surface area contributed by atoms with Crippen LogP contribution in [0.4, 0.5) is 4.39 Å². The summed E-state index contributed by atoms with van der Waals surface area (Å²) in [6.45, 7) is 5.07. The van der Waals surface area contributed by atoms with E-state index in [0.29, 0.717) is 5.89 Å². The molecule has 1 aliphatic rings. The van der Waals surface area contributed by atoms with Gasteiger partial charge in [0.2, 0.25) is 11.6 Å². The van der Waals surface area contributed by atoms with Crippen LogP contribution in [0.2, 0.25) is 0 Å². The van der Waals surface area contributed by atoms with Crippen molar-refractivity contribution in [1.29, 1.82) is 0 Å². The molecule has 1 fully saturated rings. The number of hydrogen-bond acceptors (Lipinski definition) is 9. The molecule has 11 heteroatoms. The zero-order valence-corrected chi connectivity index (χ0v) is 23.8. The number of amides is 1. The van der Waals surface area contributed by atoms with E-state index in [2.05, 4.69) is 20.4 Å². The van der Waals surface area contributed by atoms with Crippen molar-refractivity contribution in [2.24, 2.45) is 5.92 Å². The van der Waals surface area contributed by atoms with Crippen molar-refractivity contribution in [2.45, 2.75) is 44.6 Å². The van der Waals surface area contributed by atoms with E-state index in [1.807, 2.05) is 24.3 Å². The lowest BCUT2D eigenvalue weighted by molar-refractivity contribution is -0.137. The van der Waals surface area contributed by atoms with Crippen LogP contribution in [0, 0.1) is 11.7 Å². The molecule has 2 heterocycles. The Morgan fingerprint density at radius 1 is 0.905 bits per heavy atom. The highest BCUT2D eigenvalue weighted by molar-refractivity contribution is 5.96. The number of carbonyl (C=O) groups is 2. The Labute approximate surface area is 242 Å². The number of nitrogens with zero attached hydrogens (tertiary/aromatic N) is 3. The molecule has 0 aliphatic heterocycles. The van der Waals surface area contributed by atoms with Crippen LogP contribution < -0.4 is 19.5 Å². The van der Waals surface area contributed by atoms with Gasteiger partial charge in [0.15, 0.2) is 17.3 Å². The lowest BCUT2D eigenvalue weighted by atomic mass is 10.0. The van der Waals surface area contributed by atoms with Crippen LogP contribution in [-0.2, 0) is 4.79 Å². The van der Waals surface area contributed by atoms with Gasteiger partial charge in [-0.2, -0.15) is 4.98 Å². The molecule has 2 aromatic carbocycles. The van der Waals surface area contributed by atoms with Gasteiger partial charge in [-0.05, 0) is 42.3 Å². The Kier molecular flexibility index (Phi) is 8.19. The first-order valence-corrected chi connectivity index (χ1v) is 13.5. The molecule has 2 aromatic heterocycles. The zero-order valence-electron chi connectivity index (χ0n) is 23.8. The number of hydrogen-bond donors (Lipinski definition) is 1. The molecule has 0 saturated heterocycles. The van der Waals surface area contributed by atoms with E-state index in [-0.39, 0.29) is 46.6 Å². The zero-order chi connectivity index (χ0) is 30.0. The lowest BCUT2D eigenvalue weighted by Gasteiger charge is -2.15. The number of pyridine rings is 1. The number of esters is 1. The molecule has 42 heavy (non-hydrogen) atoms. The summed E-state index contributed by atoms with van der Waals surface area (Å²) in [5.74, 6) is -0.448. The number of aromatic nitrogens is 3. The Hall–Kier alpha value is -4.80. The van der Waals surface area contributed by atoms with E-state index >= 15 is 0 Å². The molecule has 1 amide bonds. The molecule has 4 aromatic rings. The average Bonchev–Trinajstić information content (AvgIpc) is 3.53. The van der Waals surface area contributed by atoms with Gasteiger partial charge in [0.1, 0.15) is 11.6 Å². The molecule has 0 bridgehead atoms. The fourth-order valence-corrected chi connectivity index (χ4v) is 4.92. The van der Waals surface area contributed by atoms with Crippen LogP contribution in [0.1, 0.15) is 77.9 Å². The van der Waals surface area contributed by atoms with Crippen molar-refractivity contribution in [2.75, 3.05) is 14.2 Å². The average molecular weight is 575 g/mol. The van der Waals surface area contributed by atoms with Crippen molar-refractivity contribution in [1.82, 2.24) is 20.4 Å². The van der Waals surface area contributed by atoms with Crippen molar-refractivity contribution in [3.63, 3.8) is 0 Å². The quantitative estimate of drug-likeness (QED) is 0.250. The van der Waals surface area contributed by atoms with Crippen LogP contribution >= 0.6 is 0 Å². The SMILES string of the molecule is COc1ccc(C2C(c3ccc(F)cc3)C2c2nc([C@H](C)NC(=O)c3nccc(OC)c3OC(=O)C(C)C)no2)cc1. The summed E-state index contributed by atoms with van der Waals surface area (Å²) in [6, 6.07) is 15.0. The predicted molar refractivity (Wildman–Crippen MR) is 149 cm³/mol. The Morgan fingerprint density at radius 2 is 1.55 bits per heavy atom. The number of methoxy groups -OCH3 is 2. The molecule has 5 rings (SSSR count). The highest BCUT2D eigenvalue weighted by atomic mass is 19.1. The summed E-state index contributed by atoms with van der Waals surface area (Å²) in [5, 5.41) is 6.93. The third-order valence-electron chi connectivity index (χ3n) is 7.23. The van der Waals surface area contributed by atoms with Gasteiger partial charge in [-0.25, -0.2) is 9.37 Å². The topological polar surface area (TPSA) is 126 Å². The third kappa shape index (κ3) is 5.81. The fourth-order valence-electron chi connectivity index (χ4n) is 4.92. The third-order valence-corrected chi connectivity index (χ3v) is 7.23. The Morgan fingerprint density at radius 3 is 2.14 bits per heavy atom. The van der Waals surface area contributed by atoms with Crippen LogP contribution in [0.25, 0.3) is 0 Å². The van der Waals surface area contributed by atoms with Crippen molar-refractivity contribution >= 4 is 11.9 Å². The van der Waals surface area contributed by atoms with Gasteiger partial charge in [0.05, 0.1) is 32.1 Å². The van der Waals surface area contributed by atoms with Crippen molar-refractivity contribution in [3.8, 4) is 17.2 Å². The molecule has 1 N–H and O–H groups in total. The van der Waals surface area contributed by atoms with Crippen molar-refractivity contribution in [3.05, 3.63) is 95.1 Å². The summed E-state index contributed by atoms with van der Waals surface area (Å²) in [4.78, 5) is 34.3. The van der Waals surface area contributed by atoms with Crippen LogP contribution in [0.5, 0.6) is 17.2 Å². The number of benzene rings is 2. The number of nitrogens with one attached hydrogen (secondary N) is 1. The minimum atomic E-state index is -0.667. The molecule has 1 aliphatic carbocycles. The first-order chi connectivity index (χ1) is 20.2. The maximum atomic E-state index is 13.7. The van der Waals surface area contributed by atoms with Gasteiger partial charge in [-0.3, -0.25) is 9.59 Å². The molecule has 0 radical (unpaired) electrons. The molecule has 0 spiro atoms. The highest BCUT2D eigenvalue weighted by Gasteiger charge is 2.56. The Bertz CT molecular complexity index is 1570. The standard InChI is InChI=1S/C31H31FN4O6/c1-16(2)31(38)41-27-22(40-5)14-15-33-26(27)29(37)34-17(3)28-35-30(42-36-28)25-23(18-6-10-20(32)11-7-18)24(25)19-8-12-21(39-4)13-9-19/h6-17,23-25H,1-5H3,(H,34,37)/t17-,23?,24?,25?/m0/s1. The van der Waals surface area contributed by atoms with Gasteiger partial charge < -0.3 is 24.1 Å². The maximum Gasteiger partial charge on any atom is 0.313 e. The maximum absolute atomic E-state index is 13.7. The summed E-state index contributed by atoms with van der Waals surface area (Å²) >= 11 is 0. The van der Waals surface area contributed by atoms with Gasteiger partial charge in [0, 0.05) is 24.1 Å².